The fourth-order valence-corrected chi connectivity index (χ4v) is 4.21. The third-order valence-corrected chi connectivity index (χ3v) is 5.93. The lowest BCUT2D eigenvalue weighted by atomic mass is 10.0. The summed E-state index contributed by atoms with van der Waals surface area (Å²) in [6, 6.07) is 19.8. The second kappa shape index (κ2) is 8.24. The molecule has 0 spiro atoms. The van der Waals surface area contributed by atoms with E-state index in [9.17, 15) is 0 Å². The fourth-order valence-electron chi connectivity index (χ4n) is 4.21. The molecule has 2 heterocycles. The number of likely N-dealkylation sites (N-methyl/N-ethyl adjacent to an activating group) is 1. The summed E-state index contributed by atoms with van der Waals surface area (Å²) in [6.07, 6.45) is 3.71. The van der Waals surface area contributed by atoms with Crippen LogP contribution < -0.4 is 0 Å². The number of rotatable bonds is 6. The highest BCUT2D eigenvalue weighted by atomic mass is 15.2. The Morgan fingerprint density at radius 2 is 1.85 bits per heavy atom. The van der Waals surface area contributed by atoms with Crippen molar-refractivity contribution in [3.05, 3.63) is 66.0 Å². The molecule has 1 aromatic heterocycles. The van der Waals surface area contributed by atoms with E-state index in [2.05, 4.69) is 83.1 Å². The minimum absolute atomic E-state index is 0.606. The number of aromatic nitrogens is 2. The van der Waals surface area contributed by atoms with Crippen LogP contribution in [0.4, 0.5) is 0 Å². The maximum atomic E-state index is 4.85. The molecule has 0 amide bonds. The molecule has 0 saturated carbocycles. The third-order valence-electron chi connectivity index (χ3n) is 5.93. The molecule has 0 radical (unpaired) electrons. The predicted octanol–water partition coefficient (Wildman–Crippen LogP) is 3.71. The van der Waals surface area contributed by atoms with Crippen molar-refractivity contribution >= 4 is 11.0 Å². The number of likely N-dealkylation sites (tertiary alicyclic amines) is 1. The summed E-state index contributed by atoms with van der Waals surface area (Å²) in [5, 5.41) is 0. The molecular weight excluding hydrogens is 332 g/mol. The van der Waals surface area contributed by atoms with Crippen LogP contribution in [0.25, 0.3) is 11.0 Å². The zero-order valence-electron chi connectivity index (χ0n) is 16.5. The van der Waals surface area contributed by atoms with E-state index in [1.54, 1.807) is 0 Å². The van der Waals surface area contributed by atoms with Gasteiger partial charge in [0.05, 0.1) is 17.6 Å². The fraction of sp³-hybridized carbons (Fsp3) is 0.435. The average Bonchev–Trinajstić information content (AvgIpc) is 3.03. The molecule has 27 heavy (non-hydrogen) atoms. The Labute approximate surface area is 162 Å². The normalized spacial score (nSPS) is 18.4. The Balaban J connectivity index is 1.36. The summed E-state index contributed by atoms with van der Waals surface area (Å²) in [5.41, 5.74) is 3.75. The number of benzene rings is 2. The van der Waals surface area contributed by atoms with Gasteiger partial charge in [0.25, 0.3) is 0 Å². The number of fused-ring (bicyclic) bond motifs is 1. The summed E-state index contributed by atoms with van der Waals surface area (Å²) in [5.74, 6) is 1.15. The summed E-state index contributed by atoms with van der Waals surface area (Å²) >= 11 is 0. The molecule has 1 unspecified atom stereocenters. The van der Waals surface area contributed by atoms with Gasteiger partial charge in [-0.3, -0.25) is 4.90 Å². The average molecular weight is 363 g/mol. The van der Waals surface area contributed by atoms with Gasteiger partial charge in [0, 0.05) is 26.2 Å². The van der Waals surface area contributed by atoms with E-state index in [0.717, 1.165) is 37.4 Å². The quantitative estimate of drug-likeness (QED) is 0.668. The van der Waals surface area contributed by atoms with Crippen molar-refractivity contribution in [1.82, 2.24) is 19.4 Å². The molecule has 1 fully saturated rings. The third kappa shape index (κ3) is 4.23. The second-order valence-electron chi connectivity index (χ2n) is 7.82. The number of piperidine rings is 1. The number of hydrogen-bond acceptors (Lipinski definition) is 3. The van der Waals surface area contributed by atoms with Crippen molar-refractivity contribution in [2.45, 2.75) is 31.8 Å². The van der Waals surface area contributed by atoms with Gasteiger partial charge < -0.3 is 9.47 Å². The van der Waals surface area contributed by atoms with Crippen LogP contribution in [-0.2, 0) is 20.0 Å². The lowest BCUT2D eigenvalue weighted by molar-refractivity contribution is 0.110. The highest BCUT2D eigenvalue weighted by Crippen LogP contribution is 2.19. The van der Waals surface area contributed by atoms with E-state index in [4.69, 9.17) is 4.98 Å². The summed E-state index contributed by atoms with van der Waals surface area (Å²) in [6.45, 7) is 4.44. The largest absolute Gasteiger partial charge is 0.330 e. The highest BCUT2D eigenvalue weighted by Gasteiger charge is 2.24. The Morgan fingerprint density at radius 1 is 1.07 bits per heavy atom. The molecule has 4 rings (SSSR count). The molecule has 0 bridgehead atoms. The van der Waals surface area contributed by atoms with E-state index in [1.165, 1.54) is 30.5 Å². The molecule has 4 heteroatoms. The molecule has 142 valence electrons. The number of nitrogens with zero attached hydrogens (tertiary/aromatic N) is 4. The molecule has 1 saturated heterocycles. The molecule has 1 aliphatic rings. The maximum Gasteiger partial charge on any atom is 0.123 e. The summed E-state index contributed by atoms with van der Waals surface area (Å²) in [7, 11) is 4.39. The van der Waals surface area contributed by atoms with Crippen LogP contribution in [0.2, 0.25) is 0 Å². The predicted molar refractivity (Wildman–Crippen MR) is 112 cm³/mol. The van der Waals surface area contributed by atoms with Gasteiger partial charge in [-0.1, -0.05) is 42.5 Å². The Hall–Kier alpha value is -2.17. The molecule has 0 aliphatic carbocycles. The number of imidazole rings is 1. The van der Waals surface area contributed by atoms with Gasteiger partial charge in [-0.15, -0.1) is 0 Å². The minimum Gasteiger partial charge on any atom is -0.330 e. The first-order valence-electron chi connectivity index (χ1n) is 10.1. The van der Waals surface area contributed by atoms with Crippen molar-refractivity contribution < 1.29 is 0 Å². The van der Waals surface area contributed by atoms with Crippen LogP contribution in [0.3, 0.4) is 0 Å². The van der Waals surface area contributed by atoms with Crippen molar-refractivity contribution in [2.24, 2.45) is 7.05 Å². The molecule has 1 atom stereocenters. The molecule has 0 N–H and O–H groups in total. The van der Waals surface area contributed by atoms with Crippen LogP contribution in [0.1, 0.15) is 24.2 Å². The first kappa shape index (κ1) is 18.2. The smallest absolute Gasteiger partial charge is 0.123 e. The zero-order chi connectivity index (χ0) is 18.6. The lowest BCUT2D eigenvalue weighted by Gasteiger charge is -2.37. The van der Waals surface area contributed by atoms with E-state index in [1.807, 2.05) is 0 Å². The standard InChI is InChI=1S/C23H30N4/c1-25(18-23-24-21-12-6-7-13-22(21)26(23)2)20-11-8-15-27(17-20)16-14-19-9-4-3-5-10-19/h3-7,9-10,12-13,20H,8,11,14-18H2,1-2H3. The Morgan fingerprint density at radius 3 is 2.67 bits per heavy atom. The summed E-state index contributed by atoms with van der Waals surface area (Å²) in [4.78, 5) is 9.98. The first-order valence-corrected chi connectivity index (χ1v) is 10.1. The van der Waals surface area contributed by atoms with Crippen molar-refractivity contribution in [3.8, 4) is 0 Å². The van der Waals surface area contributed by atoms with Crippen LogP contribution >= 0.6 is 0 Å². The van der Waals surface area contributed by atoms with Crippen molar-refractivity contribution in [1.29, 1.82) is 0 Å². The van der Waals surface area contributed by atoms with Crippen LogP contribution in [0.15, 0.2) is 54.6 Å². The van der Waals surface area contributed by atoms with E-state index in [-0.39, 0.29) is 0 Å². The number of aryl methyl sites for hydroxylation is 1. The monoisotopic (exact) mass is 362 g/mol. The number of hydrogen-bond donors (Lipinski definition) is 0. The van der Waals surface area contributed by atoms with E-state index >= 15 is 0 Å². The first-order chi connectivity index (χ1) is 13.2. The van der Waals surface area contributed by atoms with Gasteiger partial charge in [0.1, 0.15) is 5.82 Å². The van der Waals surface area contributed by atoms with E-state index in [0.29, 0.717) is 6.04 Å². The van der Waals surface area contributed by atoms with Crippen LogP contribution in [-0.4, -0.2) is 52.1 Å². The molecular formula is C23H30N4. The minimum atomic E-state index is 0.606. The Bertz CT molecular complexity index is 870. The zero-order valence-corrected chi connectivity index (χ0v) is 16.5. The molecule has 1 aliphatic heterocycles. The SMILES string of the molecule is CN(Cc1nc2ccccc2n1C)C1CCCN(CCc2ccccc2)C1. The van der Waals surface area contributed by atoms with Crippen LogP contribution in [0.5, 0.6) is 0 Å². The second-order valence-corrected chi connectivity index (χ2v) is 7.82. The molecule has 2 aromatic carbocycles. The van der Waals surface area contributed by atoms with Gasteiger partial charge in [-0.2, -0.15) is 0 Å². The van der Waals surface area contributed by atoms with Gasteiger partial charge in [0.2, 0.25) is 0 Å². The van der Waals surface area contributed by atoms with Crippen molar-refractivity contribution in [2.75, 3.05) is 26.7 Å². The highest BCUT2D eigenvalue weighted by molar-refractivity contribution is 5.75. The topological polar surface area (TPSA) is 24.3 Å². The molecule has 3 aromatic rings. The van der Waals surface area contributed by atoms with Gasteiger partial charge in [-0.05, 0) is 50.6 Å². The van der Waals surface area contributed by atoms with Crippen molar-refractivity contribution in [3.63, 3.8) is 0 Å². The van der Waals surface area contributed by atoms with Gasteiger partial charge in [-0.25, -0.2) is 4.98 Å². The lowest BCUT2D eigenvalue weighted by Crippen LogP contribution is -2.46. The van der Waals surface area contributed by atoms with Gasteiger partial charge >= 0.3 is 0 Å². The van der Waals surface area contributed by atoms with Crippen LogP contribution in [0, 0.1) is 0 Å². The Kier molecular flexibility index (Phi) is 5.55. The maximum absolute atomic E-state index is 4.85. The molecule has 4 nitrogen and oxygen atoms in total. The number of para-hydroxylation sites is 2. The van der Waals surface area contributed by atoms with Gasteiger partial charge in [0.15, 0.2) is 0 Å². The van der Waals surface area contributed by atoms with E-state index < -0.39 is 0 Å². The summed E-state index contributed by atoms with van der Waals surface area (Å²) < 4.78 is 2.24.